The van der Waals surface area contributed by atoms with E-state index in [1.807, 2.05) is 12.1 Å². The topological polar surface area (TPSA) is 125 Å². The molecule has 0 fully saturated rings. The van der Waals surface area contributed by atoms with E-state index in [2.05, 4.69) is 23.8 Å². The average Bonchev–Trinajstić information content (AvgIpc) is 2.84. The lowest BCUT2D eigenvalue weighted by atomic mass is 10.2. The lowest BCUT2D eigenvalue weighted by Gasteiger charge is -2.20. The summed E-state index contributed by atoms with van der Waals surface area (Å²) in [4.78, 5) is 22.5. The molecule has 0 saturated carbocycles. The number of hydrogen-bond donors (Lipinski definition) is 3. The van der Waals surface area contributed by atoms with Crippen LogP contribution in [0, 0.1) is 0 Å². The molecular weight excluding hydrogens is 432 g/mol. The molecule has 33 heavy (non-hydrogen) atoms. The highest BCUT2D eigenvalue weighted by Gasteiger charge is 2.13. The molecule has 0 aromatic heterocycles. The number of aliphatic hydroxyl groups is 1. The minimum absolute atomic E-state index is 0.00616. The zero-order chi connectivity index (χ0) is 24.2. The van der Waals surface area contributed by atoms with E-state index in [-0.39, 0.29) is 31.6 Å². The second-order valence-electron chi connectivity index (χ2n) is 6.43. The van der Waals surface area contributed by atoms with E-state index >= 15 is 0 Å². The Morgan fingerprint density at radius 1 is 0.818 bits per heavy atom. The fourth-order valence-electron chi connectivity index (χ4n) is 2.39. The van der Waals surface area contributed by atoms with Gasteiger partial charge in [-0.25, -0.2) is 0 Å². The maximum Gasteiger partial charge on any atom is 0.243 e. The number of aliphatic hydroxyl groups excluding tert-OH is 1. The molecule has 1 rings (SSSR count). The third kappa shape index (κ3) is 14.1. The van der Waals surface area contributed by atoms with Crippen molar-refractivity contribution in [2.45, 2.75) is 6.29 Å². The van der Waals surface area contributed by atoms with E-state index in [0.717, 1.165) is 5.56 Å². The molecule has 1 aromatic rings. The maximum atomic E-state index is 11.3. The first-order valence-electron chi connectivity index (χ1n) is 10.6. The smallest absolute Gasteiger partial charge is 0.243 e. The van der Waals surface area contributed by atoms with Crippen LogP contribution in [0.5, 0.6) is 5.75 Å². The molecule has 10 nitrogen and oxygen atoms in total. The third-order valence-electron chi connectivity index (χ3n) is 3.97. The molecule has 0 aliphatic carbocycles. The number of benzene rings is 1. The first-order valence-corrected chi connectivity index (χ1v) is 10.6. The van der Waals surface area contributed by atoms with Crippen molar-refractivity contribution in [3.63, 3.8) is 0 Å². The lowest BCUT2D eigenvalue weighted by Crippen LogP contribution is -2.28. The summed E-state index contributed by atoms with van der Waals surface area (Å²) in [6.45, 7) is 9.76. The lowest BCUT2D eigenvalue weighted by molar-refractivity contribution is -0.146. The van der Waals surface area contributed by atoms with Gasteiger partial charge >= 0.3 is 0 Å². The summed E-state index contributed by atoms with van der Waals surface area (Å²) in [6.07, 6.45) is 1.68. The van der Waals surface area contributed by atoms with Crippen LogP contribution < -0.4 is 15.4 Å². The fraction of sp³-hybridized carbons (Fsp3) is 0.478. The van der Waals surface area contributed by atoms with Gasteiger partial charge in [-0.05, 0) is 24.3 Å². The predicted octanol–water partition coefficient (Wildman–Crippen LogP) is 0.727. The first-order chi connectivity index (χ1) is 16.1. The van der Waals surface area contributed by atoms with Gasteiger partial charge in [-0.2, -0.15) is 0 Å². The number of nitrogens with one attached hydrogen (secondary N) is 2. The minimum atomic E-state index is -0.692. The molecule has 0 aliphatic rings. The van der Waals surface area contributed by atoms with Crippen LogP contribution in [0.4, 0.5) is 0 Å². The molecule has 2 amide bonds. The Balaban J connectivity index is 2.46. The van der Waals surface area contributed by atoms with E-state index in [1.54, 1.807) is 12.1 Å². The van der Waals surface area contributed by atoms with E-state index in [1.165, 1.54) is 12.2 Å². The molecule has 1 aromatic carbocycles. The van der Waals surface area contributed by atoms with Gasteiger partial charge in [0.2, 0.25) is 11.8 Å². The highest BCUT2D eigenvalue weighted by atomic mass is 16.7. The Morgan fingerprint density at radius 2 is 1.33 bits per heavy atom. The van der Waals surface area contributed by atoms with E-state index < -0.39 is 6.29 Å². The molecule has 0 aliphatic heterocycles. The molecular formula is C23H34N2O8. The third-order valence-corrected chi connectivity index (χ3v) is 3.97. The molecule has 3 N–H and O–H groups in total. The highest BCUT2D eigenvalue weighted by molar-refractivity contribution is 5.87. The van der Waals surface area contributed by atoms with Crippen LogP contribution in [0.15, 0.2) is 49.6 Å². The zero-order valence-electron chi connectivity index (χ0n) is 18.8. The number of ether oxygens (including phenoxy) is 5. The fourth-order valence-corrected chi connectivity index (χ4v) is 2.39. The quantitative estimate of drug-likeness (QED) is 0.146. The van der Waals surface area contributed by atoms with Gasteiger partial charge < -0.3 is 39.4 Å². The second-order valence-corrected chi connectivity index (χ2v) is 6.43. The standard InChI is InChI=1S/C23H34N2O8/c1-3-21(27)24-9-12-32-23(33-13-10-25-22(28)4-2)19-5-7-20(8-6-19)31-18-17-30-16-15-29-14-11-26/h3-8,23,26H,1-2,9-18H2,(H,24,27)(H,25,28). The molecule has 0 unspecified atom stereocenters. The normalized spacial score (nSPS) is 10.6. The molecule has 10 heteroatoms. The van der Waals surface area contributed by atoms with Crippen LogP contribution in [0.3, 0.4) is 0 Å². The monoisotopic (exact) mass is 466 g/mol. The van der Waals surface area contributed by atoms with Gasteiger partial charge in [-0.15, -0.1) is 0 Å². The second kappa shape index (κ2) is 18.8. The largest absolute Gasteiger partial charge is 0.491 e. The van der Waals surface area contributed by atoms with Gasteiger partial charge in [0, 0.05) is 18.7 Å². The Kier molecular flexibility index (Phi) is 16.1. The molecule has 184 valence electrons. The molecule has 0 atom stereocenters. The molecule has 0 heterocycles. The molecule has 0 radical (unpaired) electrons. The molecule has 0 bridgehead atoms. The summed E-state index contributed by atoms with van der Waals surface area (Å²) in [6, 6.07) is 7.21. The van der Waals surface area contributed by atoms with Crippen molar-refractivity contribution >= 4 is 11.8 Å². The summed E-state index contributed by atoms with van der Waals surface area (Å²) in [5.41, 5.74) is 0.754. The van der Waals surface area contributed by atoms with Crippen LogP contribution in [-0.4, -0.2) is 82.9 Å². The summed E-state index contributed by atoms with van der Waals surface area (Å²) < 4.78 is 27.6. The summed E-state index contributed by atoms with van der Waals surface area (Å²) in [7, 11) is 0. The van der Waals surface area contributed by atoms with Crippen LogP contribution >= 0.6 is 0 Å². The first kappa shape index (κ1) is 28.3. The molecule has 0 saturated heterocycles. The Bertz CT molecular complexity index is 668. The number of carbonyl (C=O) groups is 2. The molecule has 0 spiro atoms. The zero-order valence-corrected chi connectivity index (χ0v) is 18.8. The Labute approximate surface area is 194 Å². The number of amides is 2. The van der Waals surface area contributed by atoms with Crippen molar-refractivity contribution in [3.8, 4) is 5.75 Å². The van der Waals surface area contributed by atoms with Gasteiger partial charge in [0.05, 0.1) is 46.2 Å². The van der Waals surface area contributed by atoms with Gasteiger partial charge in [-0.1, -0.05) is 25.3 Å². The summed E-state index contributed by atoms with van der Waals surface area (Å²) in [5, 5.41) is 13.9. The van der Waals surface area contributed by atoms with E-state index in [4.69, 9.17) is 28.8 Å². The maximum absolute atomic E-state index is 11.3. The van der Waals surface area contributed by atoms with Crippen LogP contribution in [-0.2, 0) is 28.5 Å². The SMILES string of the molecule is C=CC(=O)NCCOC(OCCNC(=O)C=C)c1ccc(OCCOCCOCCO)cc1. The number of carbonyl (C=O) groups excluding carboxylic acids is 2. The van der Waals surface area contributed by atoms with Gasteiger partial charge in [0.25, 0.3) is 0 Å². The summed E-state index contributed by atoms with van der Waals surface area (Å²) >= 11 is 0. The number of hydrogen-bond acceptors (Lipinski definition) is 8. The van der Waals surface area contributed by atoms with Crippen molar-refractivity contribution < 1.29 is 38.4 Å². The van der Waals surface area contributed by atoms with Crippen molar-refractivity contribution in [2.75, 3.05) is 65.9 Å². The summed E-state index contributed by atoms with van der Waals surface area (Å²) in [5.74, 6) is 0.0897. The average molecular weight is 467 g/mol. The van der Waals surface area contributed by atoms with Crippen LogP contribution in [0.2, 0.25) is 0 Å². The van der Waals surface area contributed by atoms with Gasteiger partial charge in [0.1, 0.15) is 12.4 Å². The van der Waals surface area contributed by atoms with Gasteiger partial charge in [-0.3, -0.25) is 9.59 Å². The van der Waals surface area contributed by atoms with Crippen molar-refractivity contribution in [1.29, 1.82) is 0 Å². The highest BCUT2D eigenvalue weighted by Crippen LogP contribution is 2.22. The van der Waals surface area contributed by atoms with Crippen molar-refractivity contribution in [3.05, 3.63) is 55.1 Å². The minimum Gasteiger partial charge on any atom is -0.491 e. The van der Waals surface area contributed by atoms with E-state index in [9.17, 15) is 9.59 Å². The predicted molar refractivity (Wildman–Crippen MR) is 122 cm³/mol. The van der Waals surface area contributed by atoms with Crippen molar-refractivity contribution in [1.82, 2.24) is 10.6 Å². The Hall–Kier alpha value is -2.76. The Morgan fingerprint density at radius 3 is 1.85 bits per heavy atom. The van der Waals surface area contributed by atoms with Crippen LogP contribution in [0.25, 0.3) is 0 Å². The van der Waals surface area contributed by atoms with E-state index in [0.29, 0.717) is 51.9 Å². The van der Waals surface area contributed by atoms with Crippen LogP contribution in [0.1, 0.15) is 11.9 Å². The van der Waals surface area contributed by atoms with Crippen molar-refractivity contribution in [2.24, 2.45) is 0 Å². The number of rotatable bonds is 20. The van der Waals surface area contributed by atoms with Gasteiger partial charge in [0.15, 0.2) is 6.29 Å².